The van der Waals surface area contributed by atoms with Crippen molar-refractivity contribution in [2.75, 3.05) is 39.4 Å². The van der Waals surface area contributed by atoms with Crippen molar-refractivity contribution in [1.29, 1.82) is 0 Å². The van der Waals surface area contributed by atoms with Gasteiger partial charge in [0, 0.05) is 25.6 Å². The van der Waals surface area contributed by atoms with Crippen LogP contribution in [0.2, 0.25) is 0 Å². The first-order valence-electron chi connectivity index (χ1n) is 9.20. The number of fused-ring (bicyclic) bond motifs is 3. The zero-order chi connectivity index (χ0) is 17.6. The van der Waals surface area contributed by atoms with Gasteiger partial charge in [0.05, 0.1) is 13.2 Å². The summed E-state index contributed by atoms with van der Waals surface area (Å²) >= 11 is 0. The number of benzene rings is 2. The average molecular weight is 350 g/mol. The van der Waals surface area contributed by atoms with Crippen LogP contribution in [-0.4, -0.2) is 56.0 Å². The molecule has 1 aliphatic carbocycles. The zero-order valence-electron chi connectivity index (χ0n) is 14.6. The number of hydrogen-bond donors (Lipinski definition) is 1. The van der Waals surface area contributed by atoms with Crippen LogP contribution in [0.4, 0.5) is 4.79 Å². The maximum absolute atomic E-state index is 12.6. The lowest BCUT2D eigenvalue weighted by atomic mass is 9.95. The van der Waals surface area contributed by atoms with E-state index in [9.17, 15) is 4.79 Å². The average Bonchev–Trinajstić information content (AvgIpc) is 2.99. The lowest BCUT2D eigenvalue weighted by molar-refractivity contribution is -0.129. The monoisotopic (exact) mass is 350 g/mol. The Hall–Kier alpha value is -2.37. The van der Waals surface area contributed by atoms with Gasteiger partial charge in [0.1, 0.15) is 12.2 Å². The van der Waals surface area contributed by atoms with E-state index in [1.54, 1.807) is 4.90 Å². The molecule has 0 bridgehead atoms. The van der Waals surface area contributed by atoms with Gasteiger partial charge in [0.2, 0.25) is 0 Å². The number of hydrogen-bond acceptors (Lipinski definition) is 4. The maximum atomic E-state index is 12.6. The molecule has 0 radical (unpaired) electrons. The van der Waals surface area contributed by atoms with Crippen molar-refractivity contribution in [3.63, 3.8) is 0 Å². The second-order valence-electron chi connectivity index (χ2n) is 7.36. The summed E-state index contributed by atoms with van der Waals surface area (Å²) in [6.45, 7) is 3.76. The lowest BCUT2D eigenvalue weighted by Crippen LogP contribution is -2.69. The van der Waals surface area contributed by atoms with Crippen molar-refractivity contribution < 1.29 is 14.3 Å². The molecule has 1 amide bonds. The number of ether oxygens (including phenoxy) is 2. The highest BCUT2D eigenvalue weighted by Gasteiger charge is 2.44. The molecule has 5 rings (SSSR count). The Kier molecular flexibility index (Phi) is 3.72. The minimum Gasteiger partial charge on any atom is -0.448 e. The van der Waals surface area contributed by atoms with E-state index in [1.807, 2.05) is 0 Å². The summed E-state index contributed by atoms with van der Waals surface area (Å²) in [7, 11) is 0. The summed E-state index contributed by atoms with van der Waals surface area (Å²) in [6, 6.07) is 16.8. The molecule has 2 aromatic carbocycles. The largest absolute Gasteiger partial charge is 0.448 e. The minimum absolute atomic E-state index is 0.103. The third kappa shape index (κ3) is 2.50. The van der Waals surface area contributed by atoms with Crippen LogP contribution in [-0.2, 0) is 9.47 Å². The Balaban J connectivity index is 1.31. The van der Waals surface area contributed by atoms with Crippen LogP contribution in [0.5, 0.6) is 0 Å². The Labute approximate surface area is 152 Å². The van der Waals surface area contributed by atoms with Gasteiger partial charge in [-0.2, -0.15) is 0 Å². The van der Waals surface area contributed by atoms with Gasteiger partial charge in [-0.1, -0.05) is 48.5 Å². The summed E-state index contributed by atoms with van der Waals surface area (Å²) in [6.07, 6.45) is -0.235. The highest BCUT2D eigenvalue weighted by atomic mass is 16.6. The molecule has 3 aliphatic rings. The minimum atomic E-state index is -0.235. The zero-order valence-corrected chi connectivity index (χ0v) is 14.6. The predicted molar refractivity (Wildman–Crippen MR) is 98.2 cm³/mol. The molecule has 0 atom stereocenters. The van der Waals surface area contributed by atoms with Gasteiger partial charge >= 0.3 is 6.09 Å². The van der Waals surface area contributed by atoms with Crippen molar-refractivity contribution in [2.45, 2.75) is 11.5 Å². The molecule has 5 nitrogen and oxygen atoms in total. The fraction of sp³-hybridized carbons (Fsp3) is 0.381. The van der Waals surface area contributed by atoms with Crippen molar-refractivity contribution in [2.24, 2.45) is 0 Å². The summed E-state index contributed by atoms with van der Waals surface area (Å²) in [5, 5.41) is 3.23. The predicted octanol–water partition coefficient (Wildman–Crippen LogP) is 2.61. The van der Waals surface area contributed by atoms with Crippen molar-refractivity contribution >= 4 is 6.09 Å². The van der Waals surface area contributed by atoms with Gasteiger partial charge in [-0.05, 0) is 22.3 Å². The van der Waals surface area contributed by atoms with E-state index < -0.39 is 0 Å². The third-order valence-corrected chi connectivity index (χ3v) is 5.74. The van der Waals surface area contributed by atoms with Crippen LogP contribution in [0.15, 0.2) is 48.5 Å². The van der Waals surface area contributed by atoms with E-state index >= 15 is 0 Å². The first-order chi connectivity index (χ1) is 12.8. The van der Waals surface area contributed by atoms with Gasteiger partial charge in [-0.15, -0.1) is 0 Å². The van der Waals surface area contributed by atoms with Gasteiger partial charge in [-0.25, -0.2) is 4.79 Å². The molecule has 1 spiro atoms. The van der Waals surface area contributed by atoms with Crippen molar-refractivity contribution in [3.8, 4) is 11.1 Å². The Morgan fingerprint density at radius 2 is 1.77 bits per heavy atom. The number of morpholine rings is 1. The van der Waals surface area contributed by atoms with E-state index in [4.69, 9.17) is 9.47 Å². The number of amides is 1. The van der Waals surface area contributed by atoms with Crippen molar-refractivity contribution in [1.82, 2.24) is 10.2 Å². The van der Waals surface area contributed by atoms with Crippen LogP contribution in [0.25, 0.3) is 11.1 Å². The van der Waals surface area contributed by atoms with Crippen LogP contribution >= 0.6 is 0 Å². The molecule has 2 aliphatic heterocycles. The molecular weight excluding hydrogens is 328 g/mol. The summed E-state index contributed by atoms with van der Waals surface area (Å²) in [4.78, 5) is 14.4. The van der Waals surface area contributed by atoms with Gasteiger partial charge in [0.25, 0.3) is 0 Å². The topological polar surface area (TPSA) is 50.8 Å². The van der Waals surface area contributed by atoms with Gasteiger partial charge < -0.3 is 19.7 Å². The molecule has 5 heteroatoms. The summed E-state index contributed by atoms with van der Waals surface area (Å²) in [5.74, 6) is 0.103. The molecular formula is C21H22N2O3. The van der Waals surface area contributed by atoms with Crippen LogP contribution < -0.4 is 5.32 Å². The number of carbonyl (C=O) groups is 1. The third-order valence-electron chi connectivity index (χ3n) is 5.74. The van der Waals surface area contributed by atoms with Crippen LogP contribution in [0, 0.1) is 0 Å². The quantitative estimate of drug-likeness (QED) is 0.905. The van der Waals surface area contributed by atoms with Crippen LogP contribution in [0.3, 0.4) is 0 Å². The molecule has 0 saturated carbocycles. The van der Waals surface area contributed by atoms with E-state index in [1.165, 1.54) is 22.3 Å². The normalized spacial score (nSPS) is 20.4. The molecule has 0 unspecified atom stereocenters. The first-order valence-corrected chi connectivity index (χ1v) is 9.20. The Morgan fingerprint density at radius 1 is 1.12 bits per heavy atom. The molecule has 134 valence electrons. The van der Waals surface area contributed by atoms with E-state index in [2.05, 4.69) is 53.8 Å². The second-order valence-corrected chi connectivity index (χ2v) is 7.36. The number of rotatable bonds is 2. The molecule has 0 aromatic heterocycles. The lowest BCUT2D eigenvalue weighted by Gasteiger charge is -2.48. The maximum Gasteiger partial charge on any atom is 0.409 e. The Morgan fingerprint density at radius 3 is 2.38 bits per heavy atom. The molecule has 1 N–H and O–H groups in total. The molecule has 2 saturated heterocycles. The van der Waals surface area contributed by atoms with Crippen molar-refractivity contribution in [3.05, 3.63) is 59.7 Å². The molecule has 26 heavy (non-hydrogen) atoms. The first kappa shape index (κ1) is 15.9. The van der Waals surface area contributed by atoms with E-state index in [-0.39, 0.29) is 17.6 Å². The molecule has 2 aromatic rings. The van der Waals surface area contributed by atoms with E-state index in [0.29, 0.717) is 26.3 Å². The van der Waals surface area contributed by atoms with Crippen LogP contribution in [0.1, 0.15) is 17.0 Å². The molecule has 2 fully saturated rings. The summed E-state index contributed by atoms with van der Waals surface area (Å²) in [5.41, 5.74) is 4.76. The standard InChI is InChI=1S/C21H22N2O3/c24-20(23-9-10-26-21(14-23)12-22-13-21)25-11-19-17-7-3-1-5-15(17)16-6-2-4-8-18(16)19/h1-8,19,22H,9-14H2. The smallest absolute Gasteiger partial charge is 0.409 e. The van der Waals surface area contributed by atoms with Gasteiger partial charge in [0.15, 0.2) is 0 Å². The highest BCUT2D eigenvalue weighted by molar-refractivity contribution is 5.79. The summed E-state index contributed by atoms with van der Waals surface area (Å²) < 4.78 is 11.6. The number of nitrogens with one attached hydrogen (secondary N) is 1. The fourth-order valence-electron chi connectivity index (χ4n) is 4.30. The molecule has 2 heterocycles. The van der Waals surface area contributed by atoms with E-state index in [0.717, 1.165) is 13.1 Å². The number of carbonyl (C=O) groups excluding carboxylic acids is 1. The number of nitrogens with zero attached hydrogens (tertiary/aromatic N) is 1. The second kappa shape index (κ2) is 6.11. The van der Waals surface area contributed by atoms with Gasteiger partial charge in [-0.3, -0.25) is 0 Å². The SMILES string of the molecule is O=C(OCC1c2ccccc2-c2ccccc21)N1CCOC2(CNC2)C1. The Bertz CT molecular complexity index is 801. The highest BCUT2D eigenvalue weighted by Crippen LogP contribution is 2.44. The fourth-order valence-corrected chi connectivity index (χ4v) is 4.30.